The fraction of sp³-hybridized carbons (Fsp3) is 0.750. The van der Waals surface area contributed by atoms with Crippen LogP contribution < -0.4 is 0 Å². The average Bonchev–Trinajstić information content (AvgIpc) is 2.76. The summed E-state index contributed by atoms with van der Waals surface area (Å²) < 4.78 is 7.43. The van der Waals surface area contributed by atoms with Crippen LogP contribution in [0.5, 0.6) is 0 Å². The monoisotopic (exact) mass is 451 g/mol. The number of aliphatic hydroxyl groups is 3. The molecule has 1 aliphatic rings. The lowest BCUT2D eigenvalue weighted by Gasteiger charge is -2.40. The molecule has 0 amide bonds. The molecule has 3 unspecified atom stereocenters. The second kappa shape index (κ2) is 6.33. The van der Waals surface area contributed by atoms with Gasteiger partial charge in [0.2, 0.25) is 0 Å². The number of halogens is 2. The zero-order valence-corrected chi connectivity index (χ0v) is 13.5. The molecule has 2 heterocycles. The van der Waals surface area contributed by atoms with Gasteiger partial charge in [0.15, 0.2) is 0 Å². The van der Waals surface area contributed by atoms with Crippen LogP contribution in [0, 0.1) is 3.70 Å². The predicted molar refractivity (Wildman–Crippen MR) is 76.1 cm³/mol. The van der Waals surface area contributed by atoms with E-state index in [-0.39, 0.29) is 6.61 Å². The highest BCUT2D eigenvalue weighted by Gasteiger charge is 2.46. The molecule has 3 N–H and O–H groups in total. The highest BCUT2D eigenvalue weighted by Crippen LogP contribution is 2.36. The predicted octanol–water partition coefficient (Wildman–Crippen LogP) is -0.0941. The Morgan fingerprint density at radius 3 is 2.72 bits per heavy atom. The topological polar surface area (TPSA) is 101 Å². The van der Waals surface area contributed by atoms with Crippen LogP contribution in [0.3, 0.4) is 0 Å². The third kappa shape index (κ3) is 2.83. The quantitative estimate of drug-likeness (QED) is 0.552. The van der Waals surface area contributed by atoms with Crippen LogP contribution in [0.1, 0.15) is 6.04 Å². The van der Waals surface area contributed by atoms with E-state index in [1.54, 1.807) is 6.20 Å². The summed E-state index contributed by atoms with van der Waals surface area (Å²) in [5.74, 6) is 0. The van der Waals surface area contributed by atoms with Crippen molar-refractivity contribution < 1.29 is 20.1 Å². The minimum Gasteiger partial charge on any atom is -0.394 e. The van der Waals surface area contributed by atoms with E-state index >= 15 is 0 Å². The van der Waals surface area contributed by atoms with Crippen molar-refractivity contribution in [1.82, 2.24) is 15.0 Å². The Kier molecular flexibility index (Phi) is 5.25. The third-order valence-electron chi connectivity index (χ3n) is 2.72. The van der Waals surface area contributed by atoms with Gasteiger partial charge in [0, 0.05) is 0 Å². The van der Waals surface area contributed by atoms with Crippen LogP contribution in [0.4, 0.5) is 0 Å². The largest absolute Gasteiger partial charge is 0.394 e. The zero-order valence-electron chi connectivity index (χ0n) is 8.93. The van der Waals surface area contributed by atoms with E-state index in [4.69, 9.17) is 4.74 Å². The van der Waals surface area contributed by atoms with Gasteiger partial charge in [-0.15, -0.1) is 5.10 Å². The first-order valence-corrected chi connectivity index (χ1v) is 8.85. The molecular formula is C8H11BrIN3O4S. The van der Waals surface area contributed by atoms with Crippen molar-refractivity contribution in [2.24, 2.45) is 0 Å². The van der Waals surface area contributed by atoms with Gasteiger partial charge in [-0.25, -0.2) is 4.68 Å². The number of nitrogens with zero attached hydrogens (tertiary/aromatic N) is 3. The normalized spacial score (nSPS) is 36.8. The maximum Gasteiger partial charge on any atom is 0.143 e. The first-order chi connectivity index (χ1) is 8.58. The number of ether oxygens (including phenoxy) is 1. The van der Waals surface area contributed by atoms with Crippen molar-refractivity contribution in [3.8, 4) is 0 Å². The highest BCUT2D eigenvalue weighted by atomic mass is 127. The fourth-order valence-electron chi connectivity index (χ4n) is 1.85. The molecule has 0 radical (unpaired) electrons. The summed E-state index contributed by atoms with van der Waals surface area (Å²) in [5.41, 5.74) is -0.600. The Balaban J connectivity index is 2.29. The van der Waals surface area contributed by atoms with E-state index in [2.05, 4.69) is 25.1 Å². The van der Waals surface area contributed by atoms with Gasteiger partial charge in [-0.05, 0) is 47.6 Å². The Labute approximate surface area is 128 Å². The molecule has 102 valence electrons. The molecule has 1 saturated heterocycles. The maximum atomic E-state index is 10.2. The molecular weight excluding hydrogens is 441 g/mol. The smallest absolute Gasteiger partial charge is 0.143 e. The summed E-state index contributed by atoms with van der Waals surface area (Å²) in [6, 6.07) is -0.707. The first-order valence-electron chi connectivity index (χ1n) is 5.05. The van der Waals surface area contributed by atoms with Gasteiger partial charge in [0.25, 0.3) is 0 Å². The van der Waals surface area contributed by atoms with Crippen molar-refractivity contribution in [2.45, 2.75) is 29.8 Å². The van der Waals surface area contributed by atoms with Crippen LogP contribution in [0.15, 0.2) is 6.20 Å². The van der Waals surface area contributed by atoms with E-state index in [9.17, 15) is 15.3 Å². The van der Waals surface area contributed by atoms with Crippen LogP contribution in [-0.4, -0.2) is 60.7 Å². The standard InChI is InChI=1S/C8H11BrIN3O4S/c9-18-8-7(16)5(6(15)3(2-14)17-8)13-1-4(10)11-12-13/h1,3,5-8,14-16H,2H2/t3?,5?,6-,7?,8+/m0/s1. The average molecular weight is 452 g/mol. The molecule has 0 bridgehead atoms. The van der Waals surface area contributed by atoms with Crippen molar-refractivity contribution in [2.75, 3.05) is 6.61 Å². The first kappa shape index (κ1) is 14.9. The molecule has 10 heteroatoms. The van der Waals surface area contributed by atoms with E-state index in [1.807, 2.05) is 22.6 Å². The molecule has 1 fully saturated rings. The molecule has 1 aromatic rings. The Morgan fingerprint density at radius 2 is 2.22 bits per heavy atom. The lowest BCUT2D eigenvalue weighted by atomic mass is 9.97. The number of aliphatic hydroxyl groups excluding tert-OH is 3. The summed E-state index contributed by atoms with van der Waals surface area (Å²) in [5, 5.41) is 37.1. The van der Waals surface area contributed by atoms with E-state index < -0.39 is 29.8 Å². The summed E-state index contributed by atoms with van der Waals surface area (Å²) in [4.78, 5) is 0. The highest BCUT2D eigenvalue weighted by molar-refractivity contribution is 14.1. The van der Waals surface area contributed by atoms with Gasteiger partial charge in [-0.1, -0.05) is 5.21 Å². The number of rotatable bonds is 3. The van der Waals surface area contributed by atoms with Crippen molar-refractivity contribution in [1.29, 1.82) is 0 Å². The van der Waals surface area contributed by atoms with Gasteiger partial charge in [-0.3, -0.25) is 0 Å². The van der Waals surface area contributed by atoms with Gasteiger partial charge < -0.3 is 20.1 Å². The molecule has 5 atom stereocenters. The Hall–Kier alpha value is 0.540. The molecule has 1 aliphatic heterocycles. The molecule has 2 rings (SSSR count). The summed E-state index contributed by atoms with van der Waals surface area (Å²) >= 11 is 5.14. The van der Waals surface area contributed by atoms with Crippen LogP contribution in [0.2, 0.25) is 0 Å². The summed E-state index contributed by atoms with van der Waals surface area (Å²) in [7, 11) is 1.13. The van der Waals surface area contributed by atoms with Crippen molar-refractivity contribution >= 4 is 47.6 Å². The summed E-state index contributed by atoms with van der Waals surface area (Å²) in [6.45, 7) is -0.333. The molecule has 0 aromatic carbocycles. The van der Waals surface area contributed by atoms with Crippen molar-refractivity contribution in [3.05, 3.63) is 9.90 Å². The number of hydrogen-bond donors (Lipinski definition) is 3. The van der Waals surface area contributed by atoms with E-state index in [0.717, 1.165) is 10.2 Å². The number of aromatic nitrogens is 3. The van der Waals surface area contributed by atoms with E-state index in [1.165, 1.54) is 4.68 Å². The van der Waals surface area contributed by atoms with Gasteiger partial charge in [-0.2, -0.15) is 0 Å². The molecule has 7 nitrogen and oxygen atoms in total. The van der Waals surface area contributed by atoms with Gasteiger partial charge in [0.1, 0.15) is 33.5 Å². The van der Waals surface area contributed by atoms with Crippen LogP contribution in [-0.2, 0) is 4.74 Å². The fourth-order valence-corrected chi connectivity index (χ4v) is 3.62. The SMILES string of the molecule is OCC1O[C@H](SBr)C(O)C(n2cc(I)nn2)[C@H]1O. The second-order valence-electron chi connectivity index (χ2n) is 3.81. The van der Waals surface area contributed by atoms with Gasteiger partial charge >= 0.3 is 0 Å². The zero-order chi connectivity index (χ0) is 13.3. The lowest BCUT2D eigenvalue weighted by Crippen LogP contribution is -2.54. The van der Waals surface area contributed by atoms with Crippen LogP contribution >= 0.6 is 47.6 Å². The third-order valence-corrected chi connectivity index (χ3v) is 4.89. The minimum absolute atomic E-state index is 0.333. The molecule has 0 saturated carbocycles. The maximum absolute atomic E-state index is 10.2. The summed E-state index contributed by atoms with van der Waals surface area (Å²) in [6.07, 6.45) is -1.17. The molecule has 1 aromatic heterocycles. The molecule has 0 spiro atoms. The Bertz CT molecular complexity index is 395. The van der Waals surface area contributed by atoms with Crippen molar-refractivity contribution in [3.63, 3.8) is 0 Å². The minimum atomic E-state index is -1.06. The van der Waals surface area contributed by atoms with Crippen LogP contribution in [0.25, 0.3) is 0 Å². The number of hydrogen-bond acceptors (Lipinski definition) is 7. The van der Waals surface area contributed by atoms with E-state index in [0.29, 0.717) is 3.70 Å². The van der Waals surface area contributed by atoms with Gasteiger partial charge in [0.05, 0.1) is 12.8 Å². The molecule has 18 heavy (non-hydrogen) atoms. The second-order valence-corrected chi connectivity index (χ2v) is 6.68. The Morgan fingerprint density at radius 1 is 1.50 bits per heavy atom. The molecule has 0 aliphatic carbocycles. The lowest BCUT2D eigenvalue weighted by molar-refractivity contribution is -0.178.